The Morgan fingerprint density at radius 1 is 1.41 bits per heavy atom. The van der Waals surface area contributed by atoms with Gasteiger partial charge in [-0.05, 0) is 18.2 Å². The maximum Gasteiger partial charge on any atom is 0.295 e. The molecular weight excluding hydrogens is 220 g/mol. The molecule has 0 atom stereocenters. The maximum absolute atomic E-state index is 10.9. The van der Waals surface area contributed by atoms with Crippen LogP contribution < -0.4 is 11.1 Å². The highest BCUT2D eigenvalue weighted by atomic mass is 16.6. The van der Waals surface area contributed by atoms with E-state index in [1.807, 2.05) is 0 Å². The van der Waals surface area contributed by atoms with Crippen LogP contribution in [0.5, 0.6) is 0 Å². The number of nitro benzene ring substituents is 1. The third kappa shape index (κ3) is 2.16. The van der Waals surface area contributed by atoms with Gasteiger partial charge in [-0.25, -0.2) is 4.98 Å². The lowest BCUT2D eigenvalue weighted by Gasteiger charge is -2.08. The van der Waals surface area contributed by atoms with Gasteiger partial charge < -0.3 is 11.1 Å². The van der Waals surface area contributed by atoms with E-state index in [2.05, 4.69) is 10.3 Å². The molecule has 1 heterocycles. The minimum Gasteiger partial charge on any atom is -0.383 e. The summed E-state index contributed by atoms with van der Waals surface area (Å²) in [6.45, 7) is 1.11. The van der Waals surface area contributed by atoms with Crippen molar-refractivity contribution >= 4 is 22.3 Å². The zero-order valence-electron chi connectivity index (χ0n) is 9.09. The molecular formula is C11H12N4O2. The Kier molecular flexibility index (Phi) is 3.15. The highest BCUT2D eigenvalue weighted by Crippen LogP contribution is 2.29. The largest absolute Gasteiger partial charge is 0.383 e. The number of nitro groups is 1. The molecule has 1 aromatic carbocycles. The van der Waals surface area contributed by atoms with Crippen LogP contribution in [0.15, 0.2) is 30.5 Å². The molecule has 0 saturated carbocycles. The van der Waals surface area contributed by atoms with Crippen molar-refractivity contribution in [2.24, 2.45) is 5.73 Å². The minimum atomic E-state index is -0.429. The highest BCUT2D eigenvalue weighted by Gasteiger charge is 2.14. The van der Waals surface area contributed by atoms with Crippen molar-refractivity contribution in [3.05, 3.63) is 40.6 Å². The summed E-state index contributed by atoms with van der Waals surface area (Å²) >= 11 is 0. The molecule has 3 N–H and O–H groups in total. The molecule has 17 heavy (non-hydrogen) atoms. The lowest BCUT2D eigenvalue weighted by Crippen LogP contribution is -2.13. The maximum atomic E-state index is 10.9. The number of non-ortho nitro benzene ring substituents is 1. The van der Waals surface area contributed by atoms with Crippen molar-refractivity contribution in [3.8, 4) is 0 Å². The fraction of sp³-hybridized carbons (Fsp3) is 0.182. The molecule has 0 aliphatic heterocycles. The van der Waals surface area contributed by atoms with Gasteiger partial charge in [0.05, 0.1) is 4.92 Å². The molecule has 6 nitrogen and oxygen atoms in total. The van der Waals surface area contributed by atoms with Crippen LogP contribution in [0.4, 0.5) is 11.4 Å². The molecule has 0 saturated heterocycles. The first-order valence-electron chi connectivity index (χ1n) is 5.20. The van der Waals surface area contributed by atoms with Gasteiger partial charge in [-0.3, -0.25) is 10.1 Å². The second-order valence-corrected chi connectivity index (χ2v) is 3.50. The van der Waals surface area contributed by atoms with Crippen LogP contribution in [0.1, 0.15) is 0 Å². The number of nitrogens with zero attached hydrogens (tertiary/aromatic N) is 2. The molecule has 0 bridgehead atoms. The normalized spacial score (nSPS) is 10.4. The molecule has 0 fully saturated rings. The fourth-order valence-electron chi connectivity index (χ4n) is 1.67. The lowest BCUT2D eigenvalue weighted by atomic mass is 10.1. The standard InChI is InChI=1S/C11H12N4O2/c12-5-7-13-9-3-4-10(15(16)17)11-8(9)2-1-6-14-11/h1-4,6,13H,5,7,12H2. The van der Waals surface area contributed by atoms with Gasteiger partial charge in [-0.2, -0.15) is 0 Å². The van der Waals surface area contributed by atoms with E-state index < -0.39 is 4.92 Å². The number of benzene rings is 1. The van der Waals surface area contributed by atoms with Gasteiger partial charge >= 0.3 is 0 Å². The summed E-state index contributed by atoms with van der Waals surface area (Å²) in [7, 11) is 0. The number of pyridine rings is 1. The Labute approximate surface area is 97.6 Å². The highest BCUT2D eigenvalue weighted by molar-refractivity contribution is 5.96. The van der Waals surface area contributed by atoms with Gasteiger partial charge in [0.15, 0.2) is 0 Å². The molecule has 1 aromatic heterocycles. The van der Waals surface area contributed by atoms with E-state index in [1.54, 1.807) is 24.4 Å². The monoisotopic (exact) mass is 232 g/mol. The van der Waals surface area contributed by atoms with Gasteiger partial charge in [0.2, 0.25) is 0 Å². The van der Waals surface area contributed by atoms with Crippen LogP contribution in [-0.2, 0) is 0 Å². The van der Waals surface area contributed by atoms with Crippen molar-refractivity contribution < 1.29 is 4.92 Å². The second kappa shape index (κ2) is 4.75. The van der Waals surface area contributed by atoms with Crippen LogP contribution in [-0.4, -0.2) is 23.0 Å². The number of anilines is 1. The molecule has 0 amide bonds. The smallest absolute Gasteiger partial charge is 0.295 e. The minimum absolute atomic E-state index is 0.0129. The summed E-state index contributed by atoms with van der Waals surface area (Å²) in [5.41, 5.74) is 6.62. The number of hydrogen-bond acceptors (Lipinski definition) is 5. The molecule has 0 aliphatic rings. The number of fused-ring (bicyclic) bond motifs is 1. The SMILES string of the molecule is NCCNc1ccc([N+](=O)[O-])c2ncccc12. The van der Waals surface area contributed by atoms with E-state index in [0.717, 1.165) is 11.1 Å². The topological polar surface area (TPSA) is 94.1 Å². The van der Waals surface area contributed by atoms with E-state index in [1.165, 1.54) is 6.07 Å². The van der Waals surface area contributed by atoms with Crippen LogP contribution in [0.25, 0.3) is 10.9 Å². The van der Waals surface area contributed by atoms with Crippen molar-refractivity contribution in [3.63, 3.8) is 0 Å². The Balaban J connectivity index is 2.58. The first-order valence-corrected chi connectivity index (χ1v) is 5.20. The summed E-state index contributed by atoms with van der Waals surface area (Å²) in [5, 5.41) is 14.7. The van der Waals surface area contributed by atoms with E-state index >= 15 is 0 Å². The predicted octanol–water partition coefficient (Wildman–Crippen LogP) is 1.51. The Hall–Kier alpha value is -2.21. The molecule has 6 heteroatoms. The lowest BCUT2D eigenvalue weighted by molar-refractivity contribution is -0.383. The molecule has 0 spiro atoms. The van der Waals surface area contributed by atoms with Crippen LogP contribution >= 0.6 is 0 Å². The zero-order chi connectivity index (χ0) is 12.3. The first-order chi connectivity index (χ1) is 8.24. The number of nitrogens with one attached hydrogen (secondary N) is 1. The van der Waals surface area contributed by atoms with Gasteiger partial charge in [0.1, 0.15) is 5.52 Å². The second-order valence-electron chi connectivity index (χ2n) is 3.50. The molecule has 0 radical (unpaired) electrons. The van der Waals surface area contributed by atoms with E-state index in [4.69, 9.17) is 5.73 Å². The molecule has 2 rings (SSSR count). The third-order valence-electron chi connectivity index (χ3n) is 2.40. The Morgan fingerprint density at radius 2 is 2.24 bits per heavy atom. The summed E-state index contributed by atoms with van der Waals surface area (Å²) in [6.07, 6.45) is 1.54. The number of nitrogens with two attached hydrogens (primary N) is 1. The quantitative estimate of drug-likeness (QED) is 0.615. The number of rotatable bonds is 4. The van der Waals surface area contributed by atoms with Gasteiger partial charge in [0, 0.05) is 36.4 Å². The average molecular weight is 232 g/mol. The van der Waals surface area contributed by atoms with E-state index in [0.29, 0.717) is 18.6 Å². The van der Waals surface area contributed by atoms with Crippen molar-refractivity contribution in [1.29, 1.82) is 0 Å². The van der Waals surface area contributed by atoms with Crippen molar-refractivity contribution in [2.45, 2.75) is 0 Å². The van der Waals surface area contributed by atoms with Crippen LogP contribution in [0, 0.1) is 10.1 Å². The third-order valence-corrected chi connectivity index (χ3v) is 2.40. The predicted molar refractivity (Wildman–Crippen MR) is 65.9 cm³/mol. The number of aromatic nitrogens is 1. The Bertz CT molecular complexity index is 556. The number of hydrogen-bond donors (Lipinski definition) is 2. The van der Waals surface area contributed by atoms with Gasteiger partial charge in [-0.15, -0.1) is 0 Å². The van der Waals surface area contributed by atoms with Crippen molar-refractivity contribution in [1.82, 2.24) is 4.98 Å². The van der Waals surface area contributed by atoms with Gasteiger partial charge in [0.25, 0.3) is 5.69 Å². The summed E-state index contributed by atoms with van der Waals surface area (Å²) in [4.78, 5) is 14.5. The molecule has 0 aliphatic carbocycles. The van der Waals surface area contributed by atoms with Crippen LogP contribution in [0.3, 0.4) is 0 Å². The summed E-state index contributed by atoms with van der Waals surface area (Å²) in [6, 6.07) is 6.68. The first kappa shape index (κ1) is 11.3. The zero-order valence-corrected chi connectivity index (χ0v) is 9.09. The Morgan fingerprint density at radius 3 is 2.94 bits per heavy atom. The molecule has 88 valence electrons. The summed E-state index contributed by atoms with van der Waals surface area (Å²) in [5.74, 6) is 0. The van der Waals surface area contributed by atoms with E-state index in [-0.39, 0.29) is 5.69 Å². The van der Waals surface area contributed by atoms with Gasteiger partial charge in [-0.1, -0.05) is 0 Å². The van der Waals surface area contributed by atoms with Crippen LogP contribution in [0.2, 0.25) is 0 Å². The van der Waals surface area contributed by atoms with Crippen molar-refractivity contribution in [2.75, 3.05) is 18.4 Å². The van der Waals surface area contributed by atoms with E-state index in [9.17, 15) is 10.1 Å². The fourth-order valence-corrected chi connectivity index (χ4v) is 1.67. The summed E-state index contributed by atoms with van der Waals surface area (Å²) < 4.78 is 0. The molecule has 2 aromatic rings. The molecule has 0 unspecified atom stereocenters. The average Bonchev–Trinajstić information content (AvgIpc) is 2.35.